The van der Waals surface area contributed by atoms with Crippen molar-refractivity contribution in [2.75, 3.05) is 36.2 Å². The standard InChI is InChI=1S/C22H23ClN6O2S2/c23-18-4-1-3-17(15-18)16-28-11-13-29(14-12-28)22(32)26-19-5-7-20(8-6-19)33(30,31)27-21-24-9-2-10-25-21/h1-10,15H,11-14,16H2,(H,26,32)(H,24,25,27). The molecule has 2 aromatic carbocycles. The zero-order valence-corrected chi connectivity index (χ0v) is 20.1. The van der Waals surface area contributed by atoms with Crippen LogP contribution in [0.1, 0.15) is 5.56 Å². The molecule has 0 atom stereocenters. The Bertz CT molecular complexity index is 1200. The maximum atomic E-state index is 12.5. The normalized spacial score (nSPS) is 14.6. The van der Waals surface area contributed by atoms with E-state index in [1.165, 1.54) is 30.1 Å². The Hall–Kier alpha value is -2.79. The van der Waals surface area contributed by atoms with E-state index in [9.17, 15) is 8.42 Å². The van der Waals surface area contributed by atoms with Crippen molar-refractivity contribution in [3.8, 4) is 0 Å². The SMILES string of the molecule is O=S(=O)(Nc1ncccn1)c1ccc(NC(=S)N2CCN(Cc3cccc(Cl)c3)CC2)cc1. The number of rotatable bonds is 6. The number of anilines is 2. The molecule has 4 rings (SSSR count). The minimum atomic E-state index is -3.77. The molecule has 8 nitrogen and oxygen atoms in total. The summed E-state index contributed by atoms with van der Waals surface area (Å²) in [7, 11) is -3.77. The average molecular weight is 503 g/mol. The molecule has 2 heterocycles. The number of sulfonamides is 1. The van der Waals surface area contributed by atoms with E-state index in [-0.39, 0.29) is 10.8 Å². The maximum absolute atomic E-state index is 12.5. The van der Waals surface area contributed by atoms with Crippen LogP contribution in [0, 0.1) is 0 Å². The molecule has 0 radical (unpaired) electrons. The van der Waals surface area contributed by atoms with Crippen molar-refractivity contribution >= 4 is 50.6 Å². The van der Waals surface area contributed by atoms with Gasteiger partial charge in [-0.1, -0.05) is 23.7 Å². The lowest BCUT2D eigenvalue weighted by atomic mass is 10.2. The summed E-state index contributed by atoms with van der Waals surface area (Å²) in [6.45, 7) is 4.24. The van der Waals surface area contributed by atoms with E-state index in [0.29, 0.717) is 5.11 Å². The summed E-state index contributed by atoms with van der Waals surface area (Å²) < 4.78 is 27.4. The van der Waals surface area contributed by atoms with Crippen LogP contribution in [-0.4, -0.2) is 59.5 Å². The number of nitrogens with zero attached hydrogens (tertiary/aromatic N) is 4. The van der Waals surface area contributed by atoms with Gasteiger partial charge in [0.05, 0.1) is 4.90 Å². The predicted octanol–water partition coefficient (Wildman–Crippen LogP) is 3.45. The van der Waals surface area contributed by atoms with E-state index in [1.807, 2.05) is 18.2 Å². The molecule has 0 bridgehead atoms. The monoisotopic (exact) mass is 502 g/mol. The smallest absolute Gasteiger partial charge is 0.264 e. The third kappa shape index (κ3) is 6.38. The summed E-state index contributed by atoms with van der Waals surface area (Å²) >= 11 is 11.6. The first-order valence-corrected chi connectivity index (χ1v) is 12.6. The quantitative estimate of drug-likeness (QED) is 0.495. The summed E-state index contributed by atoms with van der Waals surface area (Å²) in [5.41, 5.74) is 1.91. The minimum Gasteiger partial charge on any atom is -0.346 e. The maximum Gasteiger partial charge on any atom is 0.264 e. The van der Waals surface area contributed by atoms with Gasteiger partial charge in [0.1, 0.15) is 0 Å². The van der Waals surface area contributed by atoms with Gasteiger partial charge in [-0.2, -0.15) is 0 Å². The van der Waals surface area contributed by atoms with Crippen LogP contribution in [-0.2, 0) is 16.6 Å². The Morgan fingerprint density at radius 2 is 1.70 bits per heavy atom. The number of nitrogens with one attached hydrogen (secondary N) is 2. The van der Waals surface area contributed by atoms with Crippen molar-refractivity contribution in [1.82, 2.24) is 19.8 Å². The molecule has 2 N–H and O–H groups in total. The van der Waals surface area contributed by atoms with Crippen molar-refractivity contribution < 1.29 is 8.42 Å². The molecule has 1 aliphatic heterocycles. The van der Waals surface area contributed by atoms with Crippen molar-refractivity contribution in [3.63, 3.8) is 0 Å². The van der Waals surface area contributed by atoms with Crippen LogP contribution in [0.15, 0.2) is 71.9 Å². The lowest BCUT2D eigenvalue weighted by molar-refractivity contribution is 0.177. The number of benzene rings is 2. The van der Waals surface area contributed by atoms with Crippen LogP contribution in [0.3, 0.4) is 0 Å². The molecule has 0 amide bonds. The highest BCUT2D eigenvalue weighted by Crippen LogP contribution is 2.18. The summed E-state index contributed by atoms with van der Waals surface area (Å²) in [5, 5.41) is 4.56. The fourth-order valence-electron chi connectivity index (χ4n) is 3.45. The zero-order valence-electron chi connectivity index (χ0n) is 17.7. The first-order valence-electron chi connectivity index (χ1n) is 10.3. The van der Waals surface area contributed by atoms with Gasteiger partial charge in [0.2, 0.25) is 5.95 Å². The van der Waals surface area contributed by atoms with E-state index < -0.39 is 10.0 Å². The number of hydrogen-bond donors (Lipinski definition) is 2. The van der Waals surface area contributed by atoms with Crippen molar-refractivity contribution in [2.24, 2.45) is 0 Å². The fraction of sp³-hybridized carbons (Fsp3) is 0.227. The molecule has 172 valence electrons. The summed E-state index contributed by atoms with van der Waals surface area (Å²) in [5.74, 6) is 0.0235. The largest absolute Gasteiger partial charge is 0.346 e. The second-order valence-electron chi connectivity index (χ2n) is 7.53. The van der Waals surface area contributed by atoms with Gasteiger partial charge >= 0.3 is 0 Å². The third-order valence-electron chi connectivity index (χ3n) is 5.16. The van der Waals surface area contributed by atoms with E-state index in [0.717, 1.165) is 43.4 Å². The van der Waals surface area contributed by atoms with E-state index in [2.05, 4.69) is 35.9 Å². The first-order chi connectivity index (χ1) is 15.9. The number of hydrogen-bond acceptors (Lipinski definition) is 6. The topological polar surface area (TPSA) is 90.5 Å². The van der Waals surface area contributed by atoms with Gasteiger partial charge in [-0.05, 0) is 60.2 Å². The van der Waals surface area contributed by atoms with Crippen molar-refractivity contribution in [2.45, 2.75) is 11.4 Å². The van der Waals surface area contributed by atoms with Crippen molar-refractivity contribution in [1.29, 1.82) is 0 Å². The van der Waals surface area contributed by atoms with Crippen LogP contribution >= 0.6 is 23.8 Å². The van der Waals surface area contributed by atoms with Crippen molar-refractivity contribution in [3.05, 3.63) is 77.6 Å². The second-order valence-corrected chi connectivity index (χ2v) is 10.0. The second kappa shape index (κ2) is 10.4. The first kappa shape index (κ1) is 23.4. The molecule has 3 aromatic rings. The number of thiocarbonyl (C=S) groups is 1. The molecule has 1 aliphatic rings. The molecule has 0 spiro atoms. The summed E-state index contributed by atoms with van der Waals surface area (Å²) in [4.78, 5) is 12.4. The molecule has 1 aromatic heterocycles. The molecule has 11 heteroatoms. The molecule has 0 unspecified atom stereocenters. The van der Waals surface area contributed by atoms with Crippen LogP contribution in [0.2, 0.25) is 5.02 Å². The molecule has 1 saturated heterocycles. The fourth-order valence-corrected chi connectivity index (χ4v) is 4.92. The highest BCUT2D eigenvalue weighted by atomic mass is 35.5. The van der Waals surface area contributed by atoms with Crippen LogP contribution < -0.4 is 10.0 Å². The Balaban J connectivity index is 1.29. The van der Waals surface area contributed by atoms with Gasteiger partial charge < -0.3 is 10.2 Å². The average Bonchev–Trinajstić information content (AvgIpc) is 2.80. The molecule has 33 heavy (non-hydrogen) atoms. The highest BCUT2D eigenvalue weighted by Gasteiger charge is 2.20. The highest BCUT2D eigenvalue weighted by molar-refractivity contribution is 7.92. The molecule has 0 aliphatic carbocycles. The summed E-state index contributed by atoms with van der Waals surface area (Å²) in [6.07, 6.45) is 2.94. The number of halogens is 1. The lowest BCUT2D eigenvalue weighted by Gasteiger charge is -2.36. The Morgan fingerprint density at radius 3 is 2.36 bits per heavy atom. The predicted molar refractivity (Wildman–Crippen MR) is 134 cm³/mol. The van der Waals surface area contributed by atoms with Gasteiger partial charge in [-0.15, -0.1) is 0 Å². The van der Waals surface area contributed by atoms with Gasteiger partial charge in [-0.3, -0.25) is 4.90 Å². The molecular weight excluding hydrogens is 480 g/mol. The van der Waals surface area contributed by atoms with Gasteiger partial charge in [0, 0.05) is 55.8 Å². The Kier molecular flexibility index (Phi) is 7.39. The Labute approximate surface area is 203 Å². The zero-order chi connectivity index (χ0) is 23.3. The van der Waals surface area contributed by atoms with E-state index in [1.54, 1.807) is 18.2 Å². The number of piperazine rings is 1. The number of aromatic nitrogens is 2. The molecule has 0 saturated carbocycles. The summed E-state index contributed by atoms with van der Waals surface area (Å²) in [6, 6.07) is 15.9. The van der Waals surface area contributed by atoms with Crippen LogP contribution in [0.4, 0.5) is 11.6 Å². The van der Waals surface area contributed by atoms with Crippen LogP contribution in [0.5, 0.6) is 0 Å². The van der Waals surface area contributed by atoms with E-state index >= 15 is 0 Å². The van der Waals surface area contributed by atoms with Gasteiger partial charge in [0.15, 0.2) is 5.11 Å². The van der Waals surface area contributed by atoms with Gasteiger partial charge in [0.25, 0.3) is 10.0 Å². The van der Waals surface area contributed by atoms with Gasteiger partial charge in [-0.25, -0.2) is 23.1 Å². The molecule has 1 fully saturated rings. The third-order valence-corrected chi connectivity index (χ3v) is 7.10. The van der Waals surface area contributed by atoms with Crippen LogP contribution in [0.25, 0.3) is 0 Å². The minimum absolute atomic E-state index is 0.0235. The van der Waals surface area contributed by atoms with E-state index in [4.69, 9.17) is 23.8 Å². The molecular formula is C22H23ClN6O2S2. The lowest BCUT2D eigenvalue weighted by Crippen LogP contribution is -2.49. The Morgan fingerprint density at radius 1 is 1.00 bits per heavy atom.